The van der Waals surface area contributed by atoms with Gasteiger partial charge in [-0.15, -0.1) is 0 Å². The van der Waals surface area contributed by atoms with Crippen LogP contribution in [0.2, 0.25) is 5.02 Å². The van der Waals surface area contributed by atoms with Crippen LogP contribution in [0.15, 0.2) is 18.2 Å². The molecule has 0 saturated carbocycles. The Balaban J connectivity index is 1.53. The van der Waals surface area contributed by atoms with E-state index in [2.05, 4.69) is 23.5 Å². The van der Waals surface area contributed by atoms with Gasteiger partial charge in [0.15, 0.2) is 0 Å². The van der Waals surface area contributed by atoms with Crippen molar-refractivity contribution in [3.63, 3.8) is 0 Å². The molecule has 2 heterocycles. The number of nitrogens with one attached hydrogen (secondary N) is 1. The van der Waals surface area contributed by atoms with E-state index in [1.807, 2.05) is 11.8 Å². The molecule has 4 heteroatoms. The summed E-state index contributed by atoms with van der Waals surface area (Å²) in [5, 5.41) is 4.46. The molecule has 0 aromatic heterocycles. The topological polar surface area (TPSA) is 32.3 Å². The molecular formula is C17H23ClN2O. The van der Waals surface area contributed by atoms with Gasteiger partial charge in [-0.1, -0.05) is 23.7 Å². The Labute approximate surface area is 131 Å². The Bertz CT molecular complexity index is 532. The minimum absolute atomic E-state index is 0.329. The second-order valence-electron chi connectivity index (χ2n) is 6.32. The molecule has 0 radical (unpaired) electrons. The smallest absolute Gasteiger partial charge is 0.222 e. The van der Waals surface area contributed by atoms with E-state index in [0.29, 0.717) is 17.9 Å². The molecule has 21 heavy (non-hydrogen) atoms. The summed E-state index contributed by atoms with van der Waals surface area (Å²) >= 11 is 6.23. The van der Waals surface area contributed by atoms with Crippen LogP contribution >= 0.6 is 11.6 Å². The molecule has 3 nitrogen and oxygen atoms in total. The molecule has 1 N–H and O–H groups in total. The van der Waals surface area contributed by atoms with Crippen molar-refractivity contribution in [2.45, 2.75) is 44.6 Å². The van der Waals surface area contributed by atoms with E-state index >= 15 is 0 Å². The zero-order valence-electron chi connectivity index (χ0n) is 12.6. The minimum Gasteiger partial charge on any atom is -0.343 e. The average Bonchev–Trinajstić information content (AvgIpc) is 3.09. The molecule has 0 bridgehead atoms. The Morgan fingerprint density at radius 2 is 2.29 bits per heavy atom. The third-order valence-electron chi connectivity index (χ3n) is 4.81. The lowest BCUT2D eigenvalue weighted by Crippen LogP contribution is -2.31. The average molecular weight is 307 g/mol. The van der Waals surface area contributed by atoms with Crippen LogP contribution in [0.4, 0.5) is 0 Å². The van der Waals surface area contributed by atoms with Gasteiger partial charge in [-0.25, -0.2) is 0 Å². The maximum Gasteiger partial charge on any atom is 0.222 e. The van der Waals surface area contributed by atoms with Crippen LogP contribution in [0.1, 0.15) is 42.7 Å². The zero-order chi connectivity index (χ0) is 14.8. The van der Waals surface area contributed by atoms with Crippen LogP contribution in [0.3, 0.4) is 0 Å². The van der Waals surface area contributed by atoms with Crippen molar-refractivity contribution in [1.82, 2.24) is 10.2 Å². The molecule has 1 aromatic carbocycles. The van der Waals surface area contributed by atoms with Gasteiger partial charge in [0.2, 0.25) is 5.91 Å². The molecule has 2 fully saturated rings. The minimum atomic E-state index is 0.329. The fourth-order valence-electron chi connectivity index (χ4n) is 3.41. The van der Waals surface area contributed by atoms with Gasteiger partial charge in [-0.05, 0) is 49.3 Å². The number of likely N-dealkylation sites (tertiary alicyclic amines) is 1. The van der Waals surface area contributed by atoms with Crippen LogP contribution in [0.5, 0.6) is 0 Å². The van der Waals surface area contributed by atoms with Crippen LogP contribution < -0.4 is 5.32 Å². The molecule has 2 unspecified atom stereocenters. The van der Waals surface area contributed by atoms with E-state index < -0.39 is 0 Å². The summed E-state index contributed by atoms with van der Waals surface area (Å²) in [6, 6.07) is 6.92. The fraction of sp³-hybridized carbons (Fsp3) is 0.588. The highest BCUT2D eigenvalue weighted by Gasteiger charge is 2.27. The number of aryl methyl sites for hydroxylation is 1. The van der Waals surface area contributed by atoms with Crippen LogP contribution in [-0.2, 0) is 4.79 Å². The number of carbonyl (C=O) groups excluding carboxylic acids is 1. The third-order valence-corrected chi connectivity index (χ3v) is 5.22. The summed E-state index contributed by atoms with van der Waals surface area (Å²) < 4.78 is 0. The summed E-state index contributed by atoms with van der Waals surface area (Å²) in [7, 11) is 0. The zero-order valence-corrected chi connectivity index (χ0v) is 13.3. The van der Waals surface area contributed by atoms with Crippen molar-refractivity contribution in [2.24, 2.45) is 0 Å². The van der Waals surface area contributed by atoms with Gasteiger partial charge in [0, 0.05) is 37.1 Å². The van der Waals surface area contributed by atoms with Crippen molar-refractivity contribution in [2.75, 3.05) is 19.6 Å². The van der Waals surface area contributed by atoms with Gasteiger partial charge in [0.1, 0.15) is 0 Å². The Morgan fingerprint density at radius 3 is 3.00 bits per heavy atom. The summed E-state index contributed by atoms with van der Waals surface area (Å²) in [4.78, 5) is 13.6. The number of amides is 1. The highest BCUT2D eigenvalue weighted by molar-refractivity contribution is 6.31. The number of hydrogen-bond donors (Lipinski definition) is 1. The molecule has 2 aliphatic heterocycles. The van der Waals surface area contributed by atoms with E-state index in [9.17, 15) is 4.79 Å². The first-order chi connectivity index (χ1) is 10.1. The first-order valence-electron chi connectivity index (χ1n) is 7.90. The van der Waals surface area contributed by atoms with Crippen molar-refractivity contribution in [3.8, 4) is 0 Å². The highest BCUT2D eigenvalue weighted by Crippen LogP contribution is 2.30. The summed E-state index contributed by atoms with van der Waals surface area (Å²) in [6.07, 6.45) is 3.97. The van der Waals surface area contributed by atoms with Crippen LogP contribution in [0.25, 0.3) is 0 Å². The fourth-order valence-corrected chi connectivity index (χ4v) is 3.60. The van der Waals surface area contributed by atoms with Gasteiger partial charge >= 0.3 is 0 Å². The summed E-state index contributed by atoms with van der Waals surface area (Å²) in [5.41, 5.74) is 2.47. The molecule has 3 rings (SSSR count). The summed E-state index contributed by atoms with van der Waals surface area (Å²) in [5.74, 6) is 0.872. The Kier molecular flexibility index (Phi) is 4.51. The van der Waals surface area contributed by atoms with Gasteiger partial charge in [0.05, 0.1) is 0 Å². The third kappa shape index (κ3) is 3.41. The predicted octanol–water partition coefficient (Wildman–Crippen LogP) is 3.11. The summed E-state index contributed by atoms with van der Waals surface area (Å²) in [6.45, 7) is 4.90. The lowest BCUT2D eigenvalue weighted by Gasteiger charge is -2.18. The van der Waals surface area contributed by atoms with Crippen molar-refractivity contribution >= 4 is 17.5 Å². The second kappa shape index (κ2) is 6.37. The molecule has 1 amide bonds. The molecule has 114 valence electrons. The number of carbonyl (C=O) groups is 1. The number of hydrogen-bond acceptors (Lipinski definition) is 2. The first kappa shape index (κ1) is 14.9. The van der Waals surface area contributed by atoms with Gasteiger partial charge < -0.3 is 10.2 Å². The van der Waals surface area contributed by atoms with Gasteiger partial charge in [-0.2, -0.15) is 0 Å². The number of halogens is 1. The number of nitrogens with zero attached hydrogens (tertiary/aromatic N) is 1. The molecule has 2 aliphatic rings. The van der Waals surface area contributed by atoms with E-state index in [0.717, 1.165) is 55.9 Å². The van der Waals surface area contributed by atoms with E-state index in [1.165, 1.54) is 5.56 Å². The van der Waals surface area contributed by atoms with E-state index in [-0.39, 0.29) is 0 Å². The van der Waals surface area contributed by atoms with E-state index in [1.54, 1.807) is 0 Å². The standard InChI is InChI=1S/C17H23ClN2O/c1-12-4-5-13(10-16(12)18)14-9-15(19-11-14)6-8-20-7-2-3-17(20)21/h4-5,10,14-15,19H,2-3,6-9,11H2,1H3. The largest absolute Gasteiger partial charge is 0.343 e. The van der Waals surface area contributed by atoms with Crippen molar-refractivity contribution < 1.29 is 4.79 Å². The normalized spacial score (nSPS) is 25.8. The maximum atomic E-state index is 11.6. The second-order valence-corrected chi connectivity index (χ2v) is 6.73. The monoisotopic (exact) mass is 306 g/mol. The number of rotatable bonds is 4. The molecule has 2 saturated heterocycles. The Hall–Kier alpha value is -1.06. The number of benzene rings is 1. The van der Waals surface area contributed by atoms with Gasteiger partial charge in [-0.3, -0.25) is 4.79 Å². The predicted molar refractivity (Wildman–Crippen MR) is 85.8 cm³/mol. The Morgan fingerprint density at radius 1 is 1.43 bits per heavy atom. The quantitative estimate of drug-likeness (QED) is 0.927. The van der Waals surface area contributed by atoms with Crippen molar-refractivity contribution in [3.05, 3.63) is 34.3 Å². The molecule has 1 aromatic rings. The van der Waals surface area contributed by atoms with Crippen LogP contribution in [0, 0.1) is 6.92 Å². The SMILES string of the molecule is Cc1ccc(C2CNC(CCN3CCCC3=O)C2)cc1Cl. The first-order valence-corrected chi connectivity index (χ1v) is 8.28. The maximum absolute atomic E-state index is 11.6. The highest BCUT2D eigenvalue weighted by atomic mass is 35.5. The van der Waals surface area contributed by atoms with Gasteiger partial charge in [0.25, 0.3) is 0 Å². The molecular weight excluding hydrogens is 284 g/mol. The molecule has 0 spiro atoms. The van der Waals surface area contributed by atoms with E-state index in [4.69, 9.17) is 11.6 Å². The lowest BCUT2D eigenvalue weighted by atomic mass is 9.94. The molecule has 0 aliphatic carbocycles. The lowest BCUT2D eigenvalue weighted by molar-refractivity contribution is -0.127. The molecule has 2 atom stereocenters. The van der Waals surface area contributed by atoms with Crippen molar-refractivity contribution in [1.29, 1.82) is 0 Å². The van der Waals surface area contributed by atoms with Crippen LogP contribution in [-0.4, -0.2) is 36.5 Å².